The summed E-state index contributed by atoms with van der Waals surface area (Å²) in [6.45, 7) is 2.44. The first kappa shape index (κ1) is 15.2. The Labute approximate surface area is 130 Å². The molecule has 0 spiro atoms. The summed E-state index contributed by atoms with van der Waals surface area (Å²) in [5, 5.41) is 5.48. The molecular weight excluding hydrogens is 334 g/mol. The van der Waals surface area contributed by atoms with E-state index in [1.54, 1.807) is 42.6 Å². The smallest absolute Gasteiger partial charge is 0.255 e. The van der Waals surface area contributed by atoms with Crippen molar-refractivity contribution in [3.8, 4) is 0 Å². The van der Waals surface area contributed by atoms with Crippen LogP contribution in [0.5, 0.6) is 0 Å². The van der Waals surface area contributed by atoms with E-state index in [-0.39, 0.29) is 11.8 Å². The largest absolute Gasteiger partial charge is 0.352 e. The second kappa shape index (κ2) is 6.99. The minimum Gasteiger partial charge on any atom is -0.352 e. The average molecular weight is 348 g/mol. The molecule has 0 unspecified atom stereocenters. The van der Waals surface area contributed by atoms with Crippen LogP contribution < -0.4 is 10.6 Å². The monoisotopic (exact) mass is 347 g/mol. The lowest BCUT2D eigenvalue weighted by Gasteiger charge is -2.07. The van der Waals surface area contributed by atoms with Crippen molar-refractivity contribution in [1.29, 1.82) is 0 Å². The van der Waals surface area contributed by atoms with E-state index in [1.165, 1.54) is 0 Å². The number of amides is 2. The average Bonchev–Trinajstić information content (AvgIpc) is 2.48. The number of carbonyl (C=O) groups excluding carboxylic acids is 2. The summed E-state index contributed by atoms with van der Waals surface area (Å²) in [5.74, 6) is -0.364. The normalized spacial score (nSPS) is 10.0. The molecule has 0 aliphatic carbocycles. The molecule has 2 N–H and O–H groups in total. The molecule has 0 radical (unpaired) electrons. The molecule has 6 heteroatoms. The fourth-order valence-electron chi connectivity index (χ4n) is 1.71. The molecule has 5 nitrogen and oxygen atoms in total. The molecule has 1 aromatic heterocycles. The van der Waals surface area contributed by atoms with Crippen LogP contribution in [0.1, 0.15) is 27.6 Å². The number of nitrogens with zero attached hydrogens (tertiary/aromatic N) is 1. The quantitative estimate of drug-likeness (QED) is 0.835. The number of aromatic nitrogens is 1. The fourth-order valence-corrected chi connectivity index (χ4v) is 2.08. The highest BCUT2D eigenvalue weighted by Crippen LogP contribution is 2.13. The number of hydrogen-bond acceptors (Lipinski definition) is 3. The lowest BCUT2D eigenvalue weighted by Crippen LogP contribution is -2.22. The van der Waals surface area contributed by atoms with Crippen LogP contribution in [-0.2, 0) is 0 Å². The van der Waals surface area contributed by atoms with Crippen molar-refractivity contribution >= 4 is 33.4 Å². The number of pyridine rings is 1. The predicted octanol–water partition coefficient (Wildman–Crippen LogP) is 2.85. The van der Waals surface area contributed by atoms with Crippen molar-refractivity contribution < 1.29 is 9.59 Å². The molecule has 2 aromatic rings. The maximum Gasteiger partial charge on any atom is 0.255 e. The van der Waals surface area contributed by atoms with Crippen LogP contribution in [0.25, 0.3) is 0 Å². The number of hydrogen-bond donors (Lipinski definition) is 2. The highest BCUT2D eigenvalue weighted by molar-refractivity contribution is 9.10. The van der Waals surface area contributed by atoms with Gasteiger partial charge in [-0.05, 0) is 59.3 Å². The first-order chi connectivity index (χ1) is 10.1. The molecule has 2 amide bonds. The summed E-state index contributed by atoms with van der Waals surface area (Å²) >= 11 is 3.22. The molecule has 2 rings (SSSR count). The van der Waals surface area contributed by atoms with Crippen molar-refractivity contribution in [2.24, 2.45) is 0 Å². The van der Waals surface area contributed by atoms with Gasteiger partial charge < -0.3 is 10.6 Å². The van der Waals surface area contributed by atoms with Gasteiger partial charge in [-0.3, -0.25) is 9.59 Å². The van der Waals surface area contributed by atoms with Gasteiger partial charge in [0.2, 0.25) is 0 Å². The molecule has 0 saturated carbocycles. The second-order valence-corrected chi connectivity index (χ2v) is 5.07. The number of benzene rings is 1. The molecule has 0 atom stereocenters. The standard InChI is InChI=1S/C15H14BrN3O2/c1-2-17-14(20)10-3-5-12(6-4-10)19-15(21)11-7-8-18-13(16)9-11/h3-9H,2H2,1H3,(H,17,20)(H,19,21). The Hall–Kier alpha value is -2.21. The van der Waals surface area contributed by atoms with Crippen LogP contribution in [0, 0.1) is 0 Å². The van der Waals surface area contributed by atoms with Gasteiger partial charge in [0.1, 0.15) is 4.60 Å². The van der Waals surface area contributed by atoms with Crippen LogP contribution in [-0.4, -0.2) is 23.3 Å². The molecule has 1 heterocycles. The van der Waals surface area contributed by atoms with E-state index >= 15 is 0 Å². The molecule has 0 aliphatic heterocycles. The van der Waals surface area contributed by atoms with Crippen LogP contribution in [0.2, 0.25) is 0 Å². The molecule has 0 saturated heterocycles. The molecule has 0 fully saturated rings. The van der Waals surface area contributed by atoms with Gasteiger partial charge in [-0.15, -0.1) is 0 Å². The minimum atomic E-state index is -0.233. The van der Waals surface area contributed by atoms with Crippen LogP contribution in [0.4, 0.5) is 5.69 Å². The van der Waals surface area contributed by atoms with Crippen molar-refractivity contribution in [1.82, 2.24) is 10.3 Å². The SMILES string of the molecule is CCNC(=O)c1ccc(NC(=O)c2ccnc(Br)c2)cc1. The highest BCUT2D eigenvalue weighted by atomic mass is 79.9. The summed E-state index contributed by atoms with van der Waals surface area (Å²) in [7, 11) is 0. The zero-order chi connectivity index (χ0) is 15.2. The topological polar surface area (TPSA) is 71.1 Å². The lowest BCUT2D eigenvalue weighted by molar-refractivity contribution is 0.0955. The maximum atomic E-state index is 12.0. The van der Waals surface area contributed by atoms with Gasteiger partial charge in [-0.25, -0.2) is 4.98 Å². The Morgan fingerprint density at radius 1 is 1.10 bits per heavy atom. The van der Waals surface area contributed by atoms with Gasteiger partial charge in [0.15, 0.2) is 0 Å². The van der Waals surface area contributed by atoms with Crippen LogP contribution >= 0.6 is 15.9 Å². The molecule has 21 heavy (non-hydrogen) atoms. The Balaban J connectivity index is 2.06. The van der Waals surface area contributed by atoms with Crippen LogP contribution in [0.3, 0.4) is 0 Å². The van der Waals surface area contributed by atoms with E-state index in [2.05, 4.69) is 31.5 Å². The number of anilines is 1. The first-order valence-electron chi connectivity index (χ1n) is 6.41. The summed E-state index contributed by atoms with van der Waals surface area (Å²) in [6.07, 6.45) is 1.55. The second-order valence-electron chi connectivity index (χ2n) is 4.26. The van der Waals surface area contributed by atoms with Crippen molar-refractivity contribution in [3.63, 3.8) is 0 Å². The number of nitrogens with one attached hydrogen (secondary N) is 2. The van der Waals surface area contributed by atoms with Gasteiger partial charge in [-0.2, -0.15) is 0 Å². The van der Waals surface area contributed by atoms with Gasteiger partial charge >= 0.3 is 0 Å². The van der Waals surface area contributed by atoms with E-state index in [0.717, 1.165) is 0 Å². The van der Waals surface area contributed by atoms with Crippen LogP contribution in [0.15, 0.2) is 47.2 Å². The lowest BCUT2D eigenvalue weighted by atomic mass is 10.2. The zero-order valence-corrected chi connectivity index (χ0v) is 13.0. The summed E-state index contributed by atoms with van der Waals surface area (Å²) in [5.41, 5.74) is 1.69. The van der Waals surface area contributed by atoms with Gasteiger partial charge in [0.05, 0.1) is 0 Å². The van der Waals surface area contributed by atoms with Crippen molar-refractivity contribution in [2.75, 3.05) is 11.9 Å². The third-order valence-electron chi connectivity index (χ3n) is 2.73. The number of carbonyl (C=O) groups is 2. The Bertz CT molecular complexity index is 656. The van der Waals surface area contributed by atoms with E-state index in [9.17, 15) is 9.59 Å². The molecular formula is C15H14BrN3O2. The molecule has 0 aliphatic rings. The number of rotatable bonds is 4. The van der Waals surface area contributed by atoms with E-state index < -0.39 is 0 Å². The summed E-state index contributed by atoms with van der Waals surface area (Å²) < 4.78 is 0.599. The first-order valence-corrected chi connectivity index (χ1v) is 7.20. The fraction of sp³-hybridized carbons (Fsp3) is 0.133. The van der Waals surface area contributed by atoms with E-state index in [1.807, 2.05) is 6.92 Å². The zero-order valence-electron chi connectivity index (χ0n) is 11.4. The molecule has 1 aromatic carbocycles. The maximum absolute atomic E-state index is 12.0. The van der Waals surface area contributed by atoms with Gasteiger partial charge in [0.25, 0.3) is 11.8 Å². The summed E-state index contributed by atoms with van der Waals surface area (Å²) in [6, 6.07) is 9.99. The Morgan fingerprint density at radius 3 is 2.43 bits per heavy atom. The summed E-state index contributed by atoms with van der Waals surface area (Å²) in [4.78, 5) is 27.6. The predicted molar refractivity (Wildman–Crippen MR) is 84.3 cm³/mol. The Morgan fingerprint density at radius 2 is 1.81 bits per heavy atom. The number of halogens is 1. The van der Waals surface area contributed by atoms with Gasteiger partial charge in [-0.1, -0.05) is 0 Å². The van der Waals surface area contributed by atoms with Gasteiger partial charge in [0, 0.05) is 29.6 Å². The van der Waals surface area contributed by atoms with Crippen molar-refractivity contribution in [2.45, 2.75) is 6.92 Å². The Kier molecular flexibility index (Phi) is 5.05. The highest BCUT2D eigenvalue weighted by Gasteiger charge is 2.08. The molecule has 108 valence electrons. The van der Waals surface area contributed by atoms with E-state index in [0.29, 0.717) is 28.0 Å². The van der Waals surface area contributed by atoms with E-state index in [4.69, 9.17) is 0 Å². The van der Waals surface area contributed by atoms with Crippen molar-refractivity contribution in [3.05, 3.63) is 58.3 Å². The minimum absolute atomic E-state index is 0.131. The molecule has 0 bridgehead atoms. The third-order valence-corrected chi connectivity index (χ3v) is 3.16. The third kappa shape index (κ3) is 4.13.